The number of carbonyl (C=O) groups excluding carboxylic acids is 1. The van der Waals surface area contributed by atoms with E-state index < -0.39 is 11.4 Å². The summed E-state index contributed by atoms with van der Waals surface area (Å²) in [6, 6.07) is 3.74. The SMILES string of the molecule is Cc1ccc(CCC(=O)N2CC[C@@](C)(C(=O)O)C2)o1. The lowest BCUT2D eigenvalue weighted by molar-refractivity contribution is -0.147. The van der Waals surface area contributed by atoms with Crippen LogP contribution in [0.5, 0.6) is 0 Å². The highest BCUT2D eigenvalue weighted by Crippen LogP contribution is 2.30. The maximum atomic E-state index is 12.0. The molecule has 1 saturated heterocycles. The third kappa shape index (κ3) is 2.97. The van der Waals surface area contributed by atoms with Crippen LogP contribution in [0.1, 0.15) is 31.3 Å². The van der Waals surface area contributed by atoms with E-state index in [9.17, 15) is 9.59 Å². The molecule has 0 radical (unpaired) electrons. The summed E-state index contributed by atoms with van der Waals surface area (Å²) >= 11 is 0. The Kier molecular flexibility index (Phi) is 3.64. The summed E-state index contributed by atoms with van der Waals surface area (Å²) in [5.41, 5.74) is -0.795. The minimum Gasteiger partial charge on any atom is -0.481 e. The van der Waals surface area contributed by atoms with Crippen molar-refractivity contribution in [2.45, 2.75) is 33.1 Å². The predicted octanol–water partition coefficient (Wildman–Crippen LogP) is 1.84. The molecule has 2 heterocycles. The van der Waals surface area contributed by atoms with Gasteiger partial charge in [-0.25, -0.2) is 0 Å². The van der Waals surface area contributed by atoms with Crippen LogP contribution in [-0.2, 0) is 16.0 Å². The number of furan rings is 1. The van der Waals surface area contributed by atoms with Gasteiger partial charge in [0.2, 0.25) is 5.91 Å². The second-order valence-electron chi connectivity index (χ2n) is 5.44. The second kappa shape index (κ2) is 5.07. The number of hydrogen-bond donors (Lipinski definition) is 1. The van der Waals surface area contributed by atoms with Gasteiger partial charge in [-0.15, -0.1) is 0 Å². The van der Waals surface area contributed by atoms with Gasteiger partial charge in [-0.2, -0.15) is 0 Å². The van der Waals surface area contributed by atoms with Gasteiger partial charge in [-0.3, -0.25) is 9.59 Å². The first kappa shape index (κ1) is 13.6. The van der Waals surface area contributed by atoms with E-state index in [-0.39, 0.29) is 5.91 Å². The zero-order valence-electron chi connectivity index (χ0n) is 11.3. The lowest BCUT2D eigenvalue weighted by Gasteiger charge is -2.20. The number of aliphatic carboxylic acids is 1. The average molecular weight is 265 g/mol. The van der Waals surface area contributed by atoms with E-state index in [0.717, 1.165) is 11.5 Å². The van der Waals surface area contributed by atoms with Crippen LogP contribution in [0, 0.1) is 12.3 Å². The van der Waals surface area contributed by atoms with E-state index >= 15 is 0 Å². The highest BCUT2D eigenvalue weighted by Gasteiger charge is 2.41. The molecule has 1 fully saturated rings. The van der Waals surface area contributed by atoms with Crippen LogP contribution in [-0.4, -0.2) is 35.0 Å². The van der Waals surface area contributed by atoms with Crippen LogP contribution in [0.15, 0.2) is 16.5 Å². The Morgan fingerprint density at radius 2 is 2.21 bits per heavy atom. The highest BCUT2D eigenvalue weighted by atomic mass is 16.4. The van der Waals surface area contributed by atoms with Gasteiger partial charge in [0.1, 0.15) is 11.5 Å². The predicted molar refractivity (Wildman–Crippen MR) is 68.7 cm³/mol. The summed E-state index contributed by atoms with van der Waals surface area (Å²) in [7, 11) is 0. The molecule has 1 aromatic heterocycles. The van der Waals surface area contributed by atoms with E-state index in [1.165, 1.54) is 0 Å². The van der Waals surface area contributed by atoms with E-state index in [1.807, 2.05) is 19.1 Å². The largest absolute Gasteiger partial charge is 0.481 e. The van der Waals surface area contributed by atoms with Crippen LogP contribution in [0.4, 0.5) is 0 Å². The maximum absolute atomic E-state index is 12.0. The van der Waals surface area contributed by atoms with E-state index in [4.69, 9.17) is 9.52 Å². The molecular formula is C14H19NO4. The second-order valence-corrected chi connectivity index (χ2v) is 5.44. The fourth-order valence-electron chi connectivity index (χ4n) is 2.36. The number of likely N-dealkylation sites (tertiary alicyclic amines) is 1. The molecule has 0 spiro atoms. The summed E-state index contributed by atoms with van der Waals surface area (Å²) < 4.78 is 5.41. The van der Waals surface area contributed by atoms with Gasteiger partial charge in [0.25, 0.3) is 0 Å². The molecular weight excluding hydrogens is 246 g/mol. The molecule has 1 aromatic rings. The Labute approximate surface area is 112 Å². The number of hydrogen-bond acceptors (Lipinski definition) is 3. The molecule has 0 bridgehead atoms. The molecule has 5 nitrogen and oxygen atoms in total. The molecule has 1 atom stereocenters. The molecule has 19 heavy (non-hydrogen) atoms. The lowest BCUT2D eigenvalue weighted by Crippen LogP contribution is -2.34. The Hall–Kier alpha value is -1.78. The standard InChI is InChI=1S/C14H19NO4/c1-10-3-4-11(19-10)5-6-12(16)15-8-7-14(2,9-15)13(17)18/h3-4H,5-9H2,1-2H3,(H,17,18)/t14-/m1/s1. The molecule has 1 aliphatic rings. The Morgan fingerprint density at radius 1 is 1.47 bits per heavy atom. The Morgan fingerprint density at radius 3 is 2.74 bits per heavy atom. The lowest BCUT2D eigenvalue weighted by atomic mass is 9.90. The van der Waals surface area contributed by atoms with Crippen LogP contribution >= 0.6 is 0 Å². The van der Waals surface area contributed by atoms with Crippen molar-refractivity contribution in [1.82, 2.24) is 4.90 Å². The van der Waals surface area contributed by atoms with Gasteiger partial charge < -0.3 is 14.4 Å². The normalized spacial score (nSPS) is 22.7. The molecule has 104 valence electrons. The minimum absolute atomic E-state index is 0.000900. The van der Waals surface area contributed by atoms with Gasteiger partial charge in [0, 0.05) is 25.9 Å². The van der Waals surface area contributed by atoms with E-state index in [2.05, 4.69) is 0 Å². The number of rotatable bonds is 4. The van der Waals surface area contributed by atoms with Gasteiger partial charge >= 0.3 is 5.97 Å². The number of carboxylic acids is 1. The van der Waals surface area contributed by atoms with Gasteiger partial charge in [0.15, 0.2) is 0 Å². The topological polar surface area (TPSA) is 70.8 Å². The fraction of sp³-hybridized carbons (Fsp3) is 0.571. The first-order valence-corrected chi connectivity index (χ1v) is 6.47. The van der Waals surface area contributed by atoms with Crippen LogP contribution in [0.3, 0.4) is 0 Å². The third-order valence-electron chi connectivity index (χ3n) is 3.72. The number of carbonyl (C=O) groups is 2. The van der Waals surface area contributed by atoms with Gasteiger partial charge in [0.05, 0.1) is 5.41 Å². The zero-order valence-corrected chi connectivity index (χ0v) is 11.3. The van der Waals surface area contributed by atoms with Gasteiger partial charge in [-0.05, 0) is 32.4 Å². The number of amides is 1. The molecule has 1 aliphatic heterocycles. The average Bonchev–Trinajstić information content (AvgIpc) is 2.94. The number of carboxylic acid groups (broad SMARTS) is 1. The van der Waals surface area contributed by atoms with Crippen molar-refractivity contribution in [3.63, 3.8) is 0 Å². The fourth-order valence-corrected chi connectivity index (χ4v) is 2.36. The van der Waals surface area contributed by atoms with Crippen molar-refractivity contribution in [2.75, 3.05) is 13.1 Å². The molecule has 0 saturated carbocycles. The number of aryl methyl sites for hydroxylation is 2. The molecule has 0 unspecified atom stereocenters. The van der Waals surface area contributed by atoms with Crippen molar-refractivity contribution in [3.05, 3.63) is 23.7 Å². The zero-order chi connectivity index (χ0) is 14.0. The monoisotopic (exact) mass is 265 g/mol. The Bertz CT molecular complexity index is 493. The summed E-state index contributed by atoms with van der Waals surface area (Å²) in [4.78, 5) is 24.8. The first-order chi connectivity index (χ1) is 8.90. The van der Waals surface area contributed by atoms with Crippen molar-refractivity contribution >= 4 is 11.9 Å². The molecule has 1 amide bonds. The highest BCUT2D eigenvalue weighted by molar-refractivity contribution is 5.80. The van der Waals surface area contributed by atoms with Crippen molar-refractivity contribution in [2.24, 2.45) is 5.41 Å². The molecule has 0 aromatic carbocycles. The first-order valence-electron chi connectivity index (χ1n) is 6.47. The van der Waals surface area contributed by atoms with Crippen molar-refractivity contribution in [1.29, 1.82) is 0 Å². The maximum Gasteiger partial charge on any atom is 0.311 e. The van der Waals surface area contributed by atoms with Crippen molar-refractivity contribution in [3.8, 4) is 0 Å². The smallest absolute Gasteiger partial charge is 0.311 e. The molecule has 5 heteroatoms. The summed E-state index contributed by atoms with van der Waals surface area (Å²) in [6.45, 7) is 4.39. The van der Waals surface area contributed by atoms with Crippen LogP contribution < -0.4 is 0 Å². The number of nitrogens with zero attached hydrogens (tertiary/aromatic N) is 1. The molecule has 2 rings (SSSR count). The van der Waals surface area contributed by atoms with Gasteiger partial charge in [-0.1, -0.05) is 0 Å². The minimum atomic E-state index is -0.829. The quantitative estimate of drug-likeness (QED) is 0.901. The summed E-state index contributed by atoms with van der Waals surface area (Å²) in [5, 5.41) is 9.13. The molecule has 1 N–H and O–H groups in total. The molecule has 0 aliphatic carbocycles. The van der Waals surface area contributed by atoms with Crippen LogP contribution in [0.2, 0.25) is 0 Å². The van der Waals surface area contributed by atoms with E-state index in [1.54, 1.807) is 11.8 Å². The summed E-state index contributed by atoms with van der Waals surface area (Å²) in [5.74, 6) is 0.802. The Balaban J connectivity index is 1.86. The van der Waals surface area contributed by atoms with Crippen LogP contribution in [0.25, 0.3) is 0 Å². The summed E-state index contributed by atoms with van der Waals surface area (Å²) in [6.07, 6.45) is 1.45. The van der Waals surface area contributed by atoms with Crippen molar-refractivity contribution < 1.29 is 19.1 Å². The third-order valence-corrected chi connectivity index (χ3v) is 3.72. The van der Waals surface area contributed by atoms with E-state index in [0.29, 0.717) is 32.4 Å².